The number of nitrogens with zero attached hydrogens (tertiary/aromatic N) is 4. The lowest BCUT2D eigenvalue weighted by Gasteiger charge is -2.39. The third-order valence-corrected chi connectivity index (χ3v) is 7.50. The molecule has 1 atom stereocenters. The average molecular weight is 472 g/mol. The molecule has 33 heavy (non-hydrogen) atoms. The Kier molecular flexibility index (Phi) is 6.48. The lowest BCUT2D eigenvalue weighted by atomic mass is 10.2. The van der Waals surface area contributed by atoms with Crippen molar-refractivity contribution in [2.75, 3.05) is 37.0 Å². The van der Waals surface area contributed by atoms with E-state index in [-0.39, 0.29) is 16.8 Å². The quantitative estimate of drug-likeness (QED) is 0.588. The fourth-order valence-corrected chi connectivity index (χ4v) is 5.42. The first-order valence-corrected chi connectivity index (χ1v) is 12.0. The normalized spacial score (nSPS) is 17.1. The topological polar surface area (TPSA) is 87.7 Å². The predicted molar refractivity (Wildman–Crippen MR) is 125 cm³/mol. The Morgan fingerprint density at radius 3 is 2.39 bits per heavy atom. The SMILES string of the molecule is COc1ccc(S(=O)(=O)N2CCN(c3nc(C)cc(Nc4ccc(F)cc4)n3)CC2C)cc1. The summed E-state index contributed by atoms with van der Waals surface area (Å²) in [6.07, 6.45) is 0. The highest BCUT2D eigenvalue weighted by Crippen LogP contribution is 2.26. The number of hydrogen-bond donors (Lipinski definition) is 1. The van der Waals surface area contributed by atoms with Gasteiger partial charge in [-0.15, -0.1) is 0 Å². The van der Waals surface area contributed by atoms with Crippen LogP contribution in [0.2, 0.25) is 0 Å². The van der Waals surface area contributed by atoms with Crippen molar-refractivity contribution in [3.05, 3.63) is 66.1 Å². The summed E-state index contributed by atoms with van der Waals surface area (Å²) in [5.41, 5.74) is 1.48. The van der Waals surface area contributed by atoms with Crippen LogP contribution in [0.1, 0.15) is 12.6 Å². The van der Waals surface area contributed by atoms with Crippen LogP contribution in [-0.4, -0.2) is 55.5 Å². The highest BCUT2D eigenvalue weighted by molar-refractivity contribution is 7.89. The van der Waals surface area contributed by atoms with Crippen LogP contribution in [0, 0.1) is 12.7 Å². The van der Waals surface area contributed by atoms with E-state index in [4.69, 9.17) is 4.74 Å². The molecule has 2 heterocycles. The zero-order valence-corrected chi connectivity index (χ0v) is 19.5. The highest BCUT2D eigenvalue weighted by atomic mass is 32.2. The molecule has 174 valence electrons. The minimum atomic E-state index is -3.64. The zero-order valence-electron chi connectivity index (χ0n) is 18.7. The zero-order chi connectivity index (χ0) is 23.6. The molecule has 0 aliphatic carbocycles. The first-order chi connectivity index (χ1) is 15.8. The van der Waals surface area contributed by atoms with Crippen molar-refractivity contribution in [3.8, 4) is 5.75 Å². The second-order valence-corrected chi connectivity index (χ2v) is 9.80. The molecule has 0 saturated carbocycles. The van der Waals surface area contributed by atoms with Crippen LogP contribution >= 0.6 is 0 Å². The maximum Gasteiger partial charge on any atom is 0.243 e. The largest absolute Gasteiger partial charge is 0.497 e. The Morgan fingerprint density at radius 1 is 1.06 bits per heavy atom. The second-order valence-electron chi connectivity index (χ2n) is 7.91. The Bertz CT molecular complexity index is 1220. The van der Waals surface area contributed by atoms with Crippen molar-refractivity contribution < 1.29 is 17.5 Å². The number of sulfonamides is 1. The number of aromatic nitrogens is 2. The fraction of sp³-hybridized carbons (Fsp3) is 0.304. The molecule has 1 N–H and O–H groups in total. The van der Waals surface area contributed by atoms with E-state index in [0.717, 1.165) is 5.69 Å². The van der Waals surface area contributed by atoms with E-state index in [1.165, 1.54) is 16.4 Å². The number of aryl methyl sites for hydroxylation is 1. The van der Waals surface area contributed by atoms with Crippen molar-refractivity contribution in [2.45, 2.75) is 24.8 Å². The van der Waals surface area contributed by atoms with Crippen LogP contribution in [0.5, 0.6) is 5.75 Å². The summed E-state index contributed by atoms with van der Waals surface area (Å²) in [5, 5.41) is 3.17. The highest BCUT2D eigenvalue weighted by Gasteiger charge is 2.34. The molecule has 3 aromatic rings. The summed E-state index contributed by atoms with van der Waals surface area (Å²) in [7, 11) is -2.09. The Morgan fingerprint density at radius 2 is 1.76 bits per heavy atom. The summed E-state index contributed by atoms with van der Waals surface area (Å²) >= 11 is 0. The van der Waals surface area contributed by atoms with E-state index in [1.807, 2.05) is 18.7 Å². The molecule has 0 spiro atoms. The van der Waals surface area contributed by atoms with Gasteiger partial charge in [0.05, 0.1) is 12.0 Å². The van der Waals surface area contributed by atoms with Gasteiger partial charge in [-0.2, -0.15) is 9.29 Å². The predicted octanol–water partition coefficient (Wildman–Crippen LogP) is 3.58. The van der Waals surface area contributed by atoms with Crippen LogP contribution < -0.4 is 15.0 Å². The molecule has 1 aromatic heterocycles. The smallest absolute Gasteiger partial charge is 0.243 e. The lowest BCUT2D eigenvalue weighted by Crippen LogP contribution is -2.54. The van der Waals surface area contributed by atoms with E-state index in [2.05, 4.69) is 15.3 Å². The Hall–Kier alpha value is -3.24. The van der Waals surface area contributed by atoms with E-state index in [0.29, 0.717) is 42.8 Å². The number of piperazine rings is 1. The molecule has 1 unspecified atom stereocenters. The maximum atomic E-state index is 13.2. The van der Waals surface area contributed by atoms with Gasteiger partial charge in [0.15, 0.2) is 0 Å². The molecule has 1 fully saturated rings. The molecule has 0 radical (unpaired) electrons. The first kappa shape index (κ1) is 22.9. The van der Waals surface area contributed by atoms with Gasteiger partial charge >= 0.3 is 0 Å². The van der Waals surface area contributed by atoms with Crippen molar-refractivity contribution in [1.82, 2.24) is 14.3 Å². The average Bonchev–Trinajstić information content (AvgIpc) is 2.80. The van der Waals surface area contributed by atoms with Crippen LogP contribution in [0.3, 0.4) is 0 Å². The minimum Gasteiger partial charge on any atom is -0.497 e. The number of rotatable bonds is 6. The maximum absolute atomic E-state index is 13.2. The molecule has 1 aliphatic heterocycles. The van der Waals surface area contributed by atoms with Gasteiger partial charge in [0.2, 0.25) is 16.0 Å². The Balaban J connectivity index is 1.50. The molecule has 4 rings (SSSR count). The molecule has 1 aliphatic rings. The summed E-state index contributed by atoms with van der Waals surface area (Å²) in [6, 6.07) is 14.0. The molecule has 0 bridgehead atoms. The number of hydrogen-bond acceptors (Lipinski definition) is 7. The lowest BCUT2D eigenvalue weighted by molar-refractivity contribution is 0.305. The minimum absolute atomic E-state index is 0.237. The van der Waals surface area contributed by atoms with E-state index in [1.54, 1.807) is 49.6 Å². The number of halogens is 1. The van der Waals surface area contributed by atoms with Crippen LogP contribution in [-0.2, 0) is 10.0 Å². The summed E-state index contributed by atoms with van der Waals surface area (Å²) in [6.45, 7) is 4.97. The Labute approximate surface area is 193 Å². The number of methoxy groups -OCH3 is 1. The van der Waals surface area contributed by atoms with Crippen LogP contribution in [0.4, 0.5) is 21.8 Å². The second kappa shape index (κ2) is 9.32. The molecule has 2 aromatic carbocycles. The van der Waals surface area contributed by atoms with Crippen molar-refractivity contribution in [2.24, 2.45) is 0 Å². The van der Waals surface area contributed by atoms with Gasteiger partial charge in [0.1, 0.15) is 17.4 Å². The van der Waals surface area contributed by atoms with Gasteiger partial charge in [-0.05, 0) is 62.4 Å². The summed E-state index contributed by atoms with van der Waals surface area (Å²) in [5.74, 6) is 1.41. The molecular weight excluding hydrogens is 445 g/mol. The number of ether oxygens (including phenoxy) is 1. The number of anilines is 3. The van der Waals surface area contributed by atoms with Crippen LogP contribution in [0.15, 0.2) is 59.5 Å². The standard InChI is InChI=1S/C23H26FN5O3S/c1-16-14-22(26-19-6-4-18(24)5-7-19)27-23(25-16)28-12-13-29(17(2)15-28)33(30,31)21-10-8-20(32-3)9-11-21/h4-11,14,17H,12-13,15H2,1-3H3,(H,25,26,27). The number of benzene rings is 2. The first-order valence-electron chi connectivity index (χ1n) is 10.6. The van der Waals surface area contributed by atoms with Gasteiger partial charge in [-0.1, -0.05) is 0 Å². The summed E-state index contributed by atoms with van der Waals surface area (Å²) < 4.78 is 46.2. The van der Waals surface area contributed by atoms with Crippen LogP contribution in [0.25, 0.3) is 0 Å². The van der Waals surface area contributed by atoms with E-state index in [9.17, 15) is 12.8 Å². The van der Waals surface area contributed by atoms with E-state index >= 15 is 0 Å². The van der Waals surface area contributed by atoms with Gasteiger partial charge < -0.3 is 15.0 Å². The molecule has 8 nitrogen and oxygen atoms in total. The van der Waals surface area contributed by atoms with E-state index < -0.39 is 10.0 Å². The summed E-state index contributed by atoms with van der Waals surface area (Å²) in [4.78, 5) is 11.4. The van der Waals surface area contributed by atoms with Gasteiger partial charge in [0, 0.05) is 43.1 Å². The third kappa shape index (κ3) is 5.07. The van der Waals surface area contributed by atoms with Crippen molar-refractivity contribution in [1.29, 1.82) is 0 Å². The van der Waals surface area contributed by atoms with Gasteiger partial charge in [-0.3, -0.25) is 0 Å². The van der Waals surface area contributed by atoms with Gasteiger partial charge in [0.25, 0.3) is 0 Å². The molecule has 1 saturated heterocycles. The van der Waals surface area contributed by atoms with Gasteiger partial charge in [-0.25, -0.2) is 17.8 Å². The molecule has 0 amide bonds. The number of nitrogens with one attached hydrogen (secondary N) is 1. The van der Waals surface area contributed by atoms with Crippen molar-refractivity contribution >= 4 is 27.5 Å². The molecule has 10 heteroatoms. The third-order valence-electron chi connectivity index (χ3n) is 5.47. The molecular formula is C23H26FN5O3S. The monoisotopic (exact) mass is 471 g/mol. The fourth-order valence-electron chi connectivity index (χ4n) is 3.80. The van der Waals surface area contributed by atoms with Crippen molar-refractivity contribution in [3.63, 3.8) is 0 Å².